The van der Waals surface area contributed by atoms with Crippen molar-refractivity contribution < 1.29 is 0 Å². The molecule has 1 fully saturated rings. The fourth-order valence-electron chi connectivity index (χ4n) is 1.85. The van der Waals surface area contributed by atoms with E-state index in [2.05, 4.69) is 15.5 Å². The maximum Gasteiger partial charge on any atom is 0.145 e. The van der Waals surface area contributed by atoms with Gasteiger partial charge >= 0.3 is 0 Å². The molecule has 4 N–H and O–H groups in total. The van der Waals surface area contributed by atoms with Gasteiger partial charge in [0, 0.05) is 18.7 Å². The molecular formula is C9H16N4. The van der Waals surface area contributed by atoms with Crippen LogP contribution >= 0.6 is 0 Å². The minimum absolute atomic E-state index is 0.572. The summed E-state index contributed by atoms with van der Waals surface area (Å²) in [7, 11) is 0. The van der Waals surface area contributed by atoms with Crippen molar-refractivity contribution in [1.29, 1.82) is 0 Å². The summed E-state index contributed by atoms with van der Waals surface area (Å²) in [6.45, 7) is 0.856. The van der Waals surface area contributed by atoms with Gasteiger partial charge in [-0.15, -0.1) is 0 Å². The molecule has 0 aromatic carbocycles. The van der Waals surface area contributed by atoms with Crippen LogP contribution in [-0.4, -0.2) is 16.2 Å². The lowest BCUT2D eigenvalue weighted by atomic mass is 10.2. The zero-order valence-electron chi connectivity index (χ0n) is 7.71. The highest BCUT2D eigenvalue weighted by atomic mass is 15.2. The Bertz CT molecular complexity index is 262. The van der Waals surface area contributed by atoms with Crippen LogP contribution in [0.4, 0.5) is 5.82 Å². The maximum atomic E-state index is 5.49. The molecule has 1 aliphatic carbocycles. The van der Waals surface area contributed by atoms with E-state index in [-0.39, 0.29) is 0 Å². The van der Waals surface area contributed by atoms with E-state index in [0.29, 0.717) is 11.9 Å². The van der Waals surface area contributed by atoms with E-state index in [9.17, 15) is 0 Å². The number of aromatic nitrogens is 2. The third-order valence-corrected chi connectivity index (χ3v) is 2.59. The number of hydrogen-bond donors (Lipinski definition) is 3. The zero-order valence-corrected chi connectivity index (χ0v) is 7.71. The summed E-state index contributed by atoms with van der Waals surface area (Å²) >= 11 is 0. The molecule has 0 aliphatic heterocycles. The van der Waals surface area contributed by atoms with E-state index in [1.807, 2.05) is 6.07 Å². The van der Waals surface area contributed by atoms with Gasteiger partial charge in [0.1, 0.15) is 5.82 Å². The number of hydrogen-bond acceptors (Lipinski definition) is 3. The van der Waals surface area contributed by atoms with E-state index in [4.69, 9.17) is 5.73 Å². The van der Waals surface area contributed by atoms with Gasteiger partial charge in [-0.25, -0.2) is 0 Å². The highest BCUT2D eigenvalue weighted by molar-refractivity contribution is 5.28. The van der Waals surface area contributed by atoms with Gasteiger partial charge in [-0.2, -0.15) is 5.10 Å². The van der Waals surface area contributed by atoms with Gasteiger partial charge in [-0.05, 0) is 12.8 Å². The van der Waals surface area contributed by atoms with Gasteiger partial charge < -0.3 is 11.1 Å². The SMILES string of the molecule is Nc1cc(CNC2CCCC2)[nH]n1. The van der Waals surface area contributed by atoms with Gasteiger partial charge in [0.05, 0.1) is 5.69 Å². The molecule has 0 radical (unpaired) electrons. The Morgan fingerprint density at radius 1 is 1.54 bits per heavy atom. The number of nitrogen functional groups attached to an aromatic ring is 1. The number of nitrogens with zero attached hydrogens (tertiary/aromatic N) is 1. The minimum Gasteiger partial charge on any atom is -0.382 e. The quantitative estimate of drug-likeness (QED) is 0.650. The third-order valence-electron chi connectivity index (χ3n) is 2.59. The molecule has 0 atom stereocenters. The van der Waals surface area contributed by atoms with Crippen LogP contribution in [0.5, 0.6) is 0 Å². The Balaban J connectivity index is 1.78. The molecule has 0 unspecified atom stereocenters. The Morgan fingerprint density at radius 3 is 2.92 bits per heavy atom. The van der Waals surface area contributed by atoms with Crippen molar-refractivity contribution in [2.24, 2.45) is 0 Å². The summed E-state index contributed by atoms with van der Waals surface area (Å²) in [4.78, 5) is 0. The Morgan fingerprint density at radius 2 is 2.31 bits per heavy atom. The molecule has 0 saturated heterocycles. The van der Waals surface area contributed by atoms with Crippen molar-refractivity contribution >= 4 is 5.82 Å². The molecule has 2 rings (SSSR count). The van der Waals surface area contributed by atoms with Crippen LogP contribution in [0.1, 0.15) is 31.4 Å². The molecule has 4 heteroatoms. The van der Waals surface area contributed by atoms with E-state index in [0.717, 1.165) is 12.2 Å². The largest absolute Gasteiger partial charge is 0.382 e. The molecule has 1 heterocycles. The van der Waals surface area contributed by atoms with Crippen LogP contribution in [0.2, 0.25) is 0 Å². The van der Waals surface area contributed by atoms with E-state index in [1.165, 1.54) is 25.7 Å². The summed E-state index contributed by atoms with van der Waals surface area (Å²) in [5, 5.41) is 10.3. The second-order valence-corrected chi connectivity index (χ2v) is 3.68. The van der Waals surface area contributed by atoms with Crippen LogP contribution in [0.3, 0.4) is 0 Å². The van der Waals surface area contributed by atoms with Gasteiger partial charge in [-0.3, -0.25) is 5.10 Å². The normalized spacial score (nSPS) is 18.2. The van der Waals surface area contributed by atoms with Crippen LogP contribution < -0.4 is 11.1 Å². The first kappa shape index (κ1) is 8.56. The van der Waals surface area contributed by atoms with Gasteiger partial charge in [0.25, 0.3) is 0 Å². The fraction of sp³-hybridized carbons (Fsp3) is 0.667. The summed E-state index contributed by atoms with van der Waals surface area (Å²) in [5.41, 5.74) is 6.57. The summed E-state index contributed by atoms with van der Waals surface area (Å²) < 4.78 is 0. The lowest BCUT2D eigenvalue weighted by molar-refractivity contribution is 0.519. The zero-order chi connectivity index (χ0) is 9.10. The van der Waals surface area contributed by atoms with E-state index < -0.39 is 0 Å². The third kappa shape index (κ3) is 2.21. The number of anilines is 1. The van der Waals surface area contributed by atoms with Crippen molar-refractivity contribution in [3.8, 4) is 0 Å². The van der Waals surface area contributed by atoms with Gasteiger partial charge in [-0.1, -0.05) is 12.8 Å². The number of nitrogens with one attached hydrogen (secondary N) is 2. The summed E-state index contributed by atoms with van der Waals surface area (Å²) in [6, 6.07) is 2.58. The van der Waals surface area contributed by atoms with Crippen molar-refractivity contribution in [3.05, 3.63) is 11.8 Å². The molecule has 1 saturated carbocycles. The lowest BCUT2D eigenvalue weighted by Gasteiger charge is -2.09. The lowest BCUT2D eigenvalue weighted by Crippen LogP contribution is -2.25. The molecule has 1 aromatic heterocycles. The van der Waals surface area contributed by atoms with Crippen LogP contribution in [0, 0.1) is 0 Å². The van der Waals surface area contributed by atoms with Crippen molar-refractivity contribution in [1.82, 2.24) is 15.5 Å². The number of aromatic amines is 1. The van der Waals surface area contributed by atoms with Crippen LogP contribution in [-0.2, 0) is 6.54 Å². The predicted octanol–water partition coefficient (Wildman–Crippen LogP) is 1.02. The average Bonchev–Trinajstić information content (AvgIpc) is 2.71. The van der Waals surface area contributed by atoms with E-state index in [1.54, 1.807) is 0 Å². The monoisotopic (exact) mass is 180 g/mol. The second-order valence-electron chi connectivity index (χ2n) is 3.68. The molecule has 1 aromatic rings. The van der Waals surface area contributed by atoms with E-state index >= 15 is 0 Å². The Labute approximate surface area is 77.9 Å². The first-order chi connectivity index (χ1) is 6.34. The highest BCUT2D eigenvalue weighted by Gasteiger charge is 2.13. The molecule has 13 heavy (non-hydrogen) atoms. The number of nitrogens with two attached hydrogens (primary N) is 1. The van der Waals surface area contributed by atoms with Gasteiger partial charge in [0.2, 0.25) is 0 Å². The predicted molar refractivity (Wildman–Crippen MR) is 52.1 cm³/mol. The smallest absolute Gasteiger partial charge is 0.145 e. The molecule has 4 nitrogen and oxygen atoms in total. The number of rotatable bonds is 3. The topological polar surface area (TPSA) is 66.7 Å². The first-order valence-corrected chi connectivity index (χ1v) is 4.88. The molecular weight excluding hydrogens is 164 g/mol. The van der Waals surface area contributed by atoms with Crippen molar-refractivity contribution in [3.63, 3.8) is 0 Å². The van der Waals surface area contributed by atoms with Crippen LogP contribution in [0.25, 0.3) is 0 Å². The second kappa shape index (κ2) is 3.79. The molecule has 0 amide bonds. The number of H-pyrrole nitrogens is 1. The fourth-order valence-corrected chi connectivity index (χ4v) is 1.85. The first-order valence-electron chi connectivity index (χ1n) is 4.88. The maximum absolute atomic E-state index is 5.49. The van der Waals surface area contributed by atoms with Crippen molar-refractivity contribution in [2.45, 2.75) is 38.3 Å². The summed E-state index contributed by atoms with van der Waals surface area (Å²) in [5.74, 6) is 0.572. The minimum atomic E-state index is 0.572. The molecule has 72 valence electrons. The standard InChI is InChI=1S/C9H16N4/c10-9-5-8(12-13-9)6-11-7-3-1-2-4-7/h5,7,11H,1-4,6H2,(H3,10,12,13). The molecule has 0 spiro atoms. The Kier molecular flexibility index (Phi) is 2.49. The van der Waals surface area contributed by atoms with Crippen molar-refractivity contribution in [2.75, 3.05) is 5.73 Å². The summed E-state index contributed by atoms with van der Waals surface area (Å²) in [6.07, 6.45) is 5.35. The highest BCUT2D eigenvalue weighted by Crippen LogP contribution is 2.17. The van der Waals surface area contributed by atoms with Gasteiger partial charge in [0.15, 0.2) is 0 Å². The molecule has 1 aliphatic rings. The molecule has 0 bridgehead atoms. The Hall–Kier alpha value is -1.03. The van der Waals surface area contributed by atoms with Crippen LogP contribution in [0.15, 0.2) is 6.07 Å². The average molecular weight is 180 g/mol.